The van der Waals surface area contributed by atoms with Gasteiger partial charge < -0.3 is 20.3 Å². The van der Waals surface area contributed by atoms with Gasteiger partial charge in [0, 0.05) is 37.0 Å². The van der Waals surface area contributed by atoms with Gasteiger partial charge in [-0.1, -0.05) is 6.07 Å². The van der Waals surface area contributed by atoms with Crippen LogP contribution in [0.25, 0.3) is 0 Å². The van der Waals surface area contributed by atoms with Gasteiger partial charge in [0.25, 0.3) is 5.91 Å². The Morgan fingerprint density at radius 3 is 2.79 bits per heavy atom. The molecule has 0 bridgehead atoms. The van der Waals surface area contributed by atoms with Crippen molar-refractivity contribution in [2.75, 3.05) is 25.0 Å². The lowest BCUT2D eigenvalue weighted by Crippen LogP contribution is -2.37. The Morgan fingerprint density at radius 1 is 1.38 bits per heavy atom. The minimum Gasteiger partial charge on any atom is -0.376 e. The number of nitrogens with zero attached hydrogens (tertiary/aromatic N) is 1. The molecular formula is C18H27N3O3. The molecule has 0 aromatic heterocycles. The fourth-order valence-corrected chi connectivity index (χ4v) is 2.73. The number of hydrogen-bond acceptors (Lipinski definition) is 3. The Balaban J connectivity index is 2.02. The van der Waals surface area contributed by atoms with Crippen LogP contribution in [0.5, 0.6) is 0 Å². The predicted octanol–water partition coefficient (Wildman–Crippen LogP) is 2.86. The number of likely N-dealkylation sites (N-methyl/N-ethyl adjacent to an activating group) is 1. The van der Waals surface area contributed by atoms with E-state index in [4.69, 9.17) is 4.74 Å². The molecular weight excluding hydrogens is 306 g/mol. The molecule has 1 aliphatic heterocycles. The van der Waals surface area contributed by atoms with Crippen molar-refractivity contribution in [3.63, 3.8) is 0 Å². The van der Waals surface area contributed by atoms with Crippen LogP contribution >= 0.6 is 0 Å². The van der Waals surface area contributed by atoms with Gasteiger partial charge in [0.1, 0.15) is 0 Å². The number of rotatable bonds is 6. The maximum Gasteiger partial charge on any atom is 0.319 e. The second-order valence-electron chi connectivity index (χ2n) is 6.31. The van der Waals surface area contributed by atoms with E-state index in [2.05, 4.69) is 10.6 Å². The topological polar surface area (TPSA) is 70.7 Å². The summed E-state index contributed by atoms with van der Waals surface area (Å²) in [6.07, 6.45) is 2.19. The Bertz CT molecular complexity index is 568. The highest BCUT2D eigenvalue weighted by Gasteiger charge is 2.22. The van der Waals surface area contributed by atoms with Crippen LogP contribution in [0.4, 0.5) is 10.5 Å². The number of ether oxygens (including phenoxy) is 1. The van der Waals surface area contributed by atoms with Crippen LogP contribution in [-0.2, 0) is 4.74 Å². The summed E-state index contributed by atoms with van der Waals surface area (Å²) >= 11 is 0. The Morgan fingerprint density at radius 2 is 2.17 bits per heavy atom. The van der Waals surface area contributed by atoms with E-state index >= 15 is 0 Å². The number of carbonyl (C=O) groups excluding carboxylic acids is 2. The van der Waals surface area contributed by atoms with Crippen LogP contribution in [0.15, 0.2) is 24.3 Å². The Hall–Kier alpha value is -2.08. The molecule has 24 heavy (non-hydrogen) atoms. The minimum absolute atomic E-state index is 0.0408. The summed E-state index contributed by atoms with van der Waals surface area (Å²) in [7, 11) is 0. The third kappa shape index (κ3) is 5.23. The molecule has 1 fully saturated rings. The molecule has 1 heterocycles. The van der Waals surface area contributed by atoms with Crippen molar-refractivity contribution in [3.8, 4) is 0 Å². The lowest BCUT2D eigenvalue weighted by molar-refractivity contribution is 0.0539. The van der Waals surface area contributed by atoms with Crippen molar-refractivity contribution in [1.82, 2.24) is 10.2 Å². The van der Waals surface area contributed by atoms with E-state index in [-0.39, 0.29) is 24.1 Å². The predicted molar refractivity (Wildman–Crippen MR) is 94.3 cm³/mol. The molecule has 1 atom stereocenters. The van der Waals surface area contributed by atoms with Crippen LogP contribution in [-0.4, -0.2) is 48.7 Å². The van der Waals surface area contributed by atoms with Gasteiger partial charge >= 0.3 is 6.03 Å². The second-order valence-corrected chi connectivity index (χ2v) is 6.31. The lowest BCUT2D eigenvalue weighted by atomic mass is 10.1. The van der Waals surface area contributed by atoms with E-state index in [0.29, 0.717) is 24.3 Å². The number of anilines is 1. The highest BCUT2D eigenvalue weighted by atomic mass is 16.5. The summed E-state index contributed by atoms with van der Waals surface area (Å²) in [5.41, 5.74) is 1.17. The largest absolute Gasteiger partial charge is 0.376 e. The molecule has 0 aliphatic carbocycles. The summed E-state index contributed by atoms with van der Waals surface area (Å²) in [6.45, 7) is 7.77. The average Bonchev–Trinajstić information content (AvgIpc) is 3.04. The molecule has 0 spiro atoms. The summed E-state index contributed by atoms with van der Waals surface area (Å²) in [5.74, 6) is -0.0408. The number of benzene rings is 1. The van der Waals surface area contributed by atoms with Gasteiger partial charge in [0.2, 0.25) is 0 Å². The molecule has 0 saturated carbocycles. The van der Waals surface area contributed by atoms with Gasteiger partial charge in [-0.2, -0.15) is 0 Å². The number of urea groups is 1. The summed E-state index contributed by atoms with van der Waals surface area (Å²) < 4.78 is 5.63. The maximum absolute atomic E-state index is 12.7. The normalized spacial score (nSPS) is 16.9. The smallest absolute Gasteiger partial charge is 0.319 e. The van der Waals surface area contributed by atoms with E-state index in [9.17, 15) is 9.59 Å². The molecule has 2 N–H and O–H groups in total. The summed E-state index contributed by atoms with van der Waals surface area (Å²) in [5, 5.41) is 5.51. The third-order valence-electron chi connectivity index (χ3n) is 3.90. The van der Waals surface area contributed by atoms with Crippen LogP contribution in [0, 0.1) is 0 Å². The van der Waals surface area contributed by atoms with Crippen molar-refractivity contribution in [3.05, 3.63) is 29.8 Å². The zero-order chi connectivity index (χ0) is 17.5. The zero-order valence-electron chi connectivity index (χ0n) is 14.7. The molecule has 6 heteroatoms. The van der Waals surface area contributed by atoms with Crippen LogP contribution in [0.2, 0.25) is 0 Å². The highest BCUT2D eigenvalue weighted by Crippen LogP contribution is 2.17. The minimum atomic E-state index is -0.277. The first kappa shape index (κ1) is 18.3. The van der Waals surface area contributed by atoms with E-state index in [1.165, 1.54) is 0 Å². The van der Waals surface area contributed by atoms with Crippen molar-refractivity contribution in [1.29, 1.82) is 0 Å². The molecule has 0 radical (unpaired) electrons. The first-order chi connectivity index (χ1) is 11.5. The van der Waals surface area contributed by atoms with E-state index in [1.54, 1.807) is 29.2 Å². The Kier molecular flexibility index (Phi) is 6.61. The van der Waals surface area contributed by atoms with Crippen molar-refractivity contribution >= 4 is 17.6 Å². The number of amides is 3. The molecule has 1 aromatic carbocycles. The van der Waals surface area contributed by atoms with Crippen molar-refractivity contribution in [2.45, 2.75) is 45.8 Å². The first-order valence-corrected chi connectivity index (χ1v) is 8.58. The quantitative estimate of drug-likeness (QED) is 0.841. The average molecular weight is 333 g/mol. The molecule has 1 aromatic rings. The SMILES string of the molecule is CCN(C[C@@H]1CCCO1)C(=O)c1cccc(NC(=O)NC(C)C)c1. The fourth-order valence-electron chi connectivity index (χ4n) is 2.73. The summed E-state index contributed by atoms with van der Waals surface area (Å²) in [4.78, 5) is 26.3. The van der Waals surface area contributed by atoms with Gasteiger partial charge in [0.15, 0.2) is 0 Å². The molecule has 3 amide bonds. The monoisotopic (exact) mass is 333 g/mol. The van der Waals surface area contributed by atoms with Gasteiger partial charge in [0.05, 0.1) is 6.10 Å². The molecule has 2 rings (SSSR count). The van der Waals surface area contributed by atoms with Crippen LogP contribution in [0.1, 0.15) is 44.0 Å². The molecule has 0 unspecified atom stereocenters. The number of nitrogens with one attached hydrogen (secondary N) is 2. The molecule has 1 saturated heterocycles. The van der Waals surface area contributed by atoms with Gasteiger partial charge in [-0.3, -0.25) is 4.79 Å². The van der Waals surface area contributed by atoms with E-state index < -0.39 is 0 Å². The van der Waals surface area contributed by atoms with Crippen molar-refractivity contribution in [2.24, 2.45) is 0 Å². The van der Waals surface area contributed by atoms with Crippen molar-refractivity contribution < 1.29 is 14.3 Å². The zero-order valence-corrected chi connectivity index (χ0v) is 14.7. The second kappa shape index (κ2) is 8.68. The van der Waals surface area contributed by atoms with E-state index in [0.717, 1.165) is 19.4 Å². The first-order valence-electron chi connectivity index (χ1n) is 8.58. The molecule has 1 aliphatic rings. The van der Waals surface area contributed by atoms with Gasteiger partial charge in [-0.15, -0.1) is 0 Å². The van der Waals surface area contributed by atoms with Gasteiger partial charge in [-0.05, 0) is 51.8 Å². The highest BCUT2D eigenvalue weighted by molar-refractivity contribution is 5.97. The fraction of sp³-hybridized carbons (Fsp3) is 0.556. The number of hydrogen-bond donors (Lipinski definition) is 2. The van der Waals surface area contributed by atoms with Gasteiger partial charge in [-0.25, -0.2) is 4.79 Å². The number of carbonyl (C=O) groups is 2. The third-order valence-corrected chi connectivity index (χ3v) is 3.90. The standard InChI is InChI=1S/C18H27N3O3/c1-4-21(12-16-9-6-10-24-16)17(22)14-7-5-8-15(11-14)20-18(23)19-13(2)3/h5,7-8,11,13,16H,4,6,9-10,12H2,1-3H3,(H2,19,20,23)/t16-/m0/s1. The Labute approximate surface area is 143 Å². The maximum atomic E-state index is 12.7. The van der Waals surface area contributed by atoms with Crippen LogP contribution < -0.4 is 10.6 Å². The summed E-state index contributed by atoms with van der Waals surface area (Å²) in [6, 6.07) is 6.80. The molecule has 132 valence electrons. The lowest BCUT2D eigenvalue weighted by Gasteiger charge is -2.24. The van der Waals surface area contributed by atoms with Crippen LogP contribution in [0.3, 0.4) is 0 Å². The van der Waals surface area contributed by atoms with E-state index in [1.807, 2.05) is 20.8 Å². The molecule has 6 nitrogen and oxygen atoms in total.